The van der Waals surface area contributed by atoms with E-state index in [1.165, 1.54) is 18.2 Å². The van der Waals surface area contributed by atoms with Gasteiger partial charge in [0.05, 0.1) is 0 Å². The number of pyridine rings is 1. The Morgan fingerprint density at radius 1 is 1.06 bits per heavy atom. The molecule has 0 aliphatic heterocycles. The second kappa shape index (κ2) is 4.95. The Kier molecular flexibility index (Phi) is 3.36. The van der Waals surface area contributed by atoms with E-state index in [0.717, 1.165) is 0 Å². The minimum Gasteiger partial charge on any atom is -0.471 e. The number of nitrogen functional groups attached to an aromatic ring is 1. The van der Waals surface area contributed by atoms with Crippen LogP contribution in [0, 0.1) is 17.5 Å². The maximum atomic E-state index is 13.3. The van der Waals surface area contributed by atoms with Crippen molar-refractivity contribution in [3.8, 4) is 5.88 Å². The fourth-order valence-corrected chi connectivity index (χ4v) is 1.33. The second-order valence-corrected chi connectivity index (χ2v) is 3.52. The molecule has 18 heavy (non-hydrogen) atoms. The number of nitrogens with two attached hydrogens (primary N) is 1. The van der Waals surface area contributed by atoms with Crippen molar-refractivity contribution < 1.29 is 17.9 Å². The van der Waals surface area contributed by atoms with Gasteiger partial charge in [-0.15, -0.1) is 0 Å². The molecule has 3 nitrogen and oxygen atoms in total. The smallest absolute Gasteiger partial charge is 0.252 e. The first-order chi connectivity index (χ1) is 8.58. The highest BCUT2D eigenvalue weighted by molar-refractivity contribution is 5.34. The van der Waals surface area contributed by atoms with Crippen molar-refractivity contribution in [1.29, 1.82) is 0 Å². The zero-order valence-corrected chi connectivity index (χ0v) is 9.16. The summed E-state index contributed by atoms with van der Waals surface area (Å²) in [6.07, 6.45) is 0. The van der Waals surface area contributed by atoms with Crippen LogP contribution in [0.25, 0.3) is 0 Å². The summed E-state index contributed by atoms with van der Waals surface area (Å²) in [6, 6.07) is 6.44. The van der Waals surface area contributed by atoms with Gasteiger partial charge in [0.25, 0.3) is 5.88 Å². The Hall–Kier alpha value is -2.24. The minimum absolute atomic E-state index is 0.221. The van der Waals surface area contributed by atoms with Crippen molar-refractivity contribution in [2.24, 2.45) is 0 Å². The molecule has 0 saturated carbocycles. The highest BCUT2D eigenvalue weighted by Gasteiger charge is 2.11. The fraction of sp³-hybridized carbons (Fsp3) is 0.0833. The standard InChI is InChI=1S/C12H9F3N2O/c13-8-4-2-1-3-7(8)6-18-12-10(15)5-9(14)11(16)17-12/h1-5H,6H2,(H2,16,17). The van der Waals surface area contributed by atoms with Crippen LogP contribution in [0.1, 0.15) is 5.56 Å². The topological polar surface area (TPSA) is 48.1 Å². The molecule has 0 aliphatic rings. The van der Waals surface area contributed by atoms with Crippen molar-refractivity contribution in [3.05, 3.63) is 53.3 Å². The summed E-state index contributed by atoms with van der Waals surface area (Å²) in [7, 11) is 0. The maximum absolute atomic E-state index is 13.3. The van der Waals surface area contributed by atoms with Gasteiger partial charge in [-0.3, -0.25) is 0 Å². The molecule has 1 heterocycles. The van der Waals surface area contributed by atoms with Crippen molar-refractivity contribution in [2.45, 2.75) is 6.61 Å². The maximum Gasteiger partial charge on any atom is 0.252 e. The number of ether oxygens (including phenoxy) is 1. The molecule has 6 heteroatoms. The molecule has 94 valence electrons. The number of hydrogen-bond acceptors (Lipinski definition) is 3. The van der Waals surface area contributed by atoms with Crippen LogP contribution in [0.15, 0.2) is 30.3 Å². The Labute approximate surface area is 101 Å². The molecule has 0 atom stereocenters. The van der Waals surface area contributed by atoms with Gasteiger partial charge in [0.15, 0.2) is 17.5 Å². The molecule has 0 unspecified atom stereocenters. The van der Waals surface area contributed by atoms with E-state index in [-0.39, 0.29) is 12.2 Å². The van der Waals surface area contributed by atoms with Crippen molar-refractivity contribution >= 4 is 5.82 Å². The van der Waals surface area contributed by atoms with Gasteiger partial charge in [-0.25, -0.2) is 13.2 Å². The zero-order valence-electron chi connectivity index (χ0n) is 9.16. The second-order valence-electron chi connectivity index (χ2n) is 3.52. The van der Waals surface area contributed by atoms with Crippen LogP contribution in [0.3, 0.4) is 0 Å². The highest BCUT2D eigenvalue weighted by atomic mass is 19.1. The lowest BCUT2D eigenvalue weighted by atomic mass is 10.2. The van der Waals surface area contributed by atoms with E-state index < -0.39 is 29.1 Å². The van der Waals surface area contributed by atoms with E-state index in [1.54, 1.807) is 6.07 Å². The number of benzene rings is 1. The Morgan fingerprint density at radius 3 is 2.50 bits per heavy atom. The summed E-state index contributed by atoms with van der Waals surface area (Å²) in [5.41, 5.74) is 5.42. The van der Waals surface area contributed by atoms with Crippen LogP contribution in [-0.2, 0) is 6.61 Å². The van der Waals surface area contributed by atoms with E-state index in [0.29, 0.717) is 6.07 Å². The van der Waals surface area contributed by atoms with Crippen molar-refractivity contribution in [3.63, 3.8) is 0 Å². The molecule has 1 aromatic heterocycles. The van der Waals surface area contributed by atoms with E-state index in [1.807, 2.05) is 0 Å². The SMILES string of the molecule is Nc1nc(OCc2ccccc2F)c(F)cc1F. The molecule has 0 amide bonds. The van der Waals surface area contributed by atoms with Crippen LogP contribution in [-0.4, -0.2) is 4.98 Å². The van der Waals surface area contributed by atoms with Crippen molar-refractivity contribution in [1.82, 2.24) is 4.98 Å². The number of aromatic nitrogens is 1. The van der Waals surface area contributed by atoms with Crippen molar-refractivity contribution in [2.75, 3.05) is 5.73 Å². The third-order valence-corrected chi connectivity index (χ3v) is 2.25. The van der Waals surface area contributed by atoms with Crippen LogP contribution < -0.4 is 10.5 Å². The molecule has 0 fully saturated rings. The number of halogens is 3. The molecular formula is C12H9F3N2O. The third-order valence-electron chi connectivity index (χ3n) is 2.25. The molecule has 2 N–H and O–H groups in total. The van der Waals surface area contributed by atoms with E-state index in [2.05, 4.69) is 4.98 Å². The lowest BCUT2D eigenvalue weighted by Crippen LogP contribution is -2.04. The number of anilines is 1. The number of nitrogens with zero attached hydrogens (tertiary/aromatic N) is 1. The average molecular weight is 254 g/mol. The lowest BCUT2D eigenvalue weighted by molar-refractivity contribution is 0.271. The molecule has 0 aliphatic carbocycles. The Morgan fingerprint density at radius 2 is 1.78 bits per heavy atom. The lowest BCUT2D eigenvalue weighted by Gasteiger charge is -2.08. The van der Waals surface area contributed by atoms with Crippen LogP contribution in [0.5, 0.6) is 5.88 Å². The summed E-state index contributed by atoms with van der Waals surface area (Å²) in [6.45, 7) is -0.221. The van der Waals surface area contributed by atoms with Crippen LogP contribution >= 0.6 is 0 Å². The fourth-order valence-electron chi connectivity index (χ4n) is 1.33. The van der Waals surface area contributed by atoms with Crippen LogP contribution in [0.4, 0.5) is 19.0 Å². The molecule has 2 rings (SSSR count). The molecule has 1 aromatic carbocycles. The number of rotatable bonds is 3. The first-order valence-corrected chi connectivity index (χ1v) is 5.05. The summed E-state index contributed by atoms with van der Waals surface area (Å²) in [5.74, 6) is -3.37. The normalized spacial score (nSPS) is 10.4. The quantitative estimate of drug-likeness (QED) is 0.916. The summed E-state index contributed by atoms with van der Waals surface area (Å²) < 4.78 is 44.3. The van der Waals surface area contributed by atoms with Gasteiger partial charge >= 0.3 is 0 Å². The van der Waals surface area contributed by atoms with Gasteiger partial charge in [0.1, 0.15) is 12.4 Å². The van der Waals surface area contributed by atoms with E-state index in [4.69, 9.17) is 10.5 Å². The van der Waals surface area contributed by atoms with Crippen LogP contribution in [0.2, 0.25) is 0 Å². The Balaban J connectivity index is 2.16. The van der Waals surface area contributed by atoms with Gasteiger partial charge in [-0.05, 0) is 6.07 Å². The molecule has 0 spiro atoms. The highest BCUT2D eigenvalue weighted by Crippen LogP contribution is 2.20. The largest absolute Gasteiger partial charge is 0.471 e. The first kappa shape index (κ1) is 12.2. The molecule has 0 radical (unpaired) electrons. The zero-order chi connectivity index (χ0) is 13.1. The molecule has 0 saturated heterocycles. The average Bonchev–Trinajstić information content (AvgIpc) is 2.34. The monoisotopic (exact) mass is 254 g/mol. The predicted molar refractivity (Wildman–Crippen MR) is 59.3 cm³/mol. The van der Waals surface area contributed by atoms with Gasteiger partial charge in [-0.1, -0.05) is 18.2 Å². The molecule has 0 bridgehead atoms. The third kappa shape index (κ3) is 2.53. The minimum atomic E-state index is -0.988. The summed E-state index contributed by atoms with van der Waals surface area (Å²) in [5, 5.41) is 0. The van der Waals surface area contributed by atoms with E-state index >= 15 is 0 Å². The molecule has 2 aromatic rings. The first-order valence-electron chi connectivity index (χ1n) is 5.05. The summed E-state index contributed by atoms with van der Waals surface area (Å²) in [4.78, 5) is 3.40. The van der Waals surface area contributed by atoms with E-state index in [9.17, 15) is 13.2 Å². The Bertz CT molecular complexity index is 575. The summed E-state index contributed by atoms with van der Waals surface area (Å²) >= 11 is 0. The van der Waals surface area contributed by atoms with Gasteiger partial charge in [0.2, 0.25) is 0 Å². The molecular weight excluding hydrogens is 245 g/mol. The van der Waals surface area contributed by atoms with Gasteiger partial charge in [0, 0.05) is 11.6 Å². The number of hydrogen-bond donors (Lipinski definition) is 1. The van der Waals surface area contributed by atoms with Gasteiger partial charge < -0.3 is 10.5 Å². The van der Waals surface area contributed by atoms with Gasteiger partial charge in [-0.2, -0.15) is 4.98 Å². The predicted octanol–water partition coefficient (Wildman–Crippen LogP) is 2.66.